The Hall–Kier alpha value is -1.46. The van der Waals surface area contributed by atoms with Crippen molar-refractivity contribution in [3.63, 3.8) is 0 Å². The van der Waals surface area contributed by atoms with E-state index in [0.717, 1.165) is 11.3 Å². The topological polar surface area (TPSA) is 35.2 Å². The van der Waals surface area contributed by atoms with Crippen molar-refractivity contribution in [2.75, 3.05) is 6.54 Å². The first-order valence-electron chi connectivity index (χ1n) is 5.84. The van der Waals surface area contributed by atoms with E-state index >= 15 is 0 Å². The van der Waals surface area contributed by atoms with Crippen molar-refractivity contribution in [3.8, 4) is 17.6 Å². The normalized spacial score (nSPS) is 15.6. The molecule has 2 heteroatoms. The molecule has 1 aliphatic carbocycles. The molecule has 1 aromatic rings. The summed E-state index contributed by atoms with van der Waals surface area (Å²) in [4.78, 5) is 0. The van der Waals surface area contributed by atoms with Crippen LogP contribution in [0.4, 0.5) is 0 Å². The van der Waals surface area contributed by atoms with E-state index in [9.17, 15) is 0 Å². The van der Waals surface area contributed by atoms with Crippen LogP contribution in [0.3, 0.4) is 0 Å². The Labute approximate surface area is 96.8 Å². The number of ether oxygens (including phenoxy) is 1. The minimum Gasteiger partial charge on any atom is -0.490 e. The maximum absolute atomic E-state index is 5.90. The predicted molar refractivity (Wildman–Crippen MR) is 65.3 cm³/mol. The van der Waals surface area contributed by atoms with Gasteiger partial charge >= 0.3 is 0 Å². The van der Waals surface area contributed by atoms with Gasteiger partial charge in [0.25, 0.3) is 0 Å². The maximum atomic E-state index is 5.90. The zero-order valence-electron chi connectivity index (χ0n) is 9.41. The molecule has 0 spiro atoms. The van der Waals surface area contributed by atoms with Crippen LogP contribution in [0.2, 0.25) is 0 Å². The van der Waals surface area contributed by atoms with Gasteiger partial charge in [-0.25, -0.2) is 0 Å². The lowest BCUT2D eigenvalue weighted by Crippen LogP contribution is -2.10. The molecule has 0 aromatic heterocycles. The summed E-state index contributed by atoms with van der Waals surface area (Å²) >= 11 is 0. The molecule has 16 heavy (non-hydrogen) atoms. The smallest absolute Gasteiger partial charge is 0.120 e. The lowest BCUT2D eigenvalue weighted by Gasteiger charge is -2.12. The van der Waals surface area contributed by atoms with Crippen LogP contribution in [0.5, 0.6) is 5.75 Å². The summed E-state index contributed by atoms with van der Waals surface area (Å²) in [5.41, 5.74) is 6.31. The number of hydrogen-bond acceptors (Lipinski definition) is 2. The van der Waals surface area contributed by atoms with E-state index in [4.69, 9.17) is 10.5 Å². The molecule has 1 saturated carbocycles. The number of nitrogens with two attached hydrogens (primary N) is 1. The van der Waals surface area contributed by atoms with Gasteiger partial charge < -0.3 is 10.5 Å². The average Bonchev–Trinajstić information content (AvgIpc) is 2.80. The quantitative estimate of drug-likeness (QED) is 0.768. The lowest BCUT2D eigenvalue weighted by molar-refractivity contribution is 0.210. The van der Waals surface area contributed by atoms with E-state index in [-0.39, 0.29) is 0 Å². The van der Waals surface area contributed by atoms with Gasteiger partial charge in [0, 0.05) is 5.56 Å². The fourth-order valence-corrected chi connectivity index (χ4v) is 2.00. The molecule has 84 valence electrons. The van der Waals surface area contributed by atoms with Crippen molar-refractivity contribution in [1.82, 2.24) is 0 Å². The van der Waals surface area contributed by atoms with E-state index in [0.29, 0.717) is 12.6 Å². The average molecular weight is 215 g/mol. The second kappa shape index (κ2) is 5.58. The zero-order chi connectivity index (χ0) is 11.2. The Morgan fingerprint density at radius 3 is 2.88 bits per heavy atom. The molecule has 0 atom stereocenters. The number of rotatable bonds is 2. The van der Waals surface area contributed by atoms with E-state index < -0.39 is 0 Å². The minimum absolute atomic E-state index is 0.397. The molecular weight excluding hydrogens is 198 g/mol. The van der Waals surface area contributed by atoms with Crippen molar-refractivity contribution < 1.29 is 4.74 Å². The molecule has 0 unspecified atom stereocenters. The largest absolute Gasteiger partial charge is 0.490 e. The summed E-state index contributed by atoms with van der Waals surface area (Å²) in [7, 11) is 0. The molecule has 0 bridgehead atoms. The highest BCUT2D eigenvalue weighted by atomic mass is 16.5. The first-order chi connectivity index (χ1) is 7.88. The molecule has 2 rings (SSSR count). The van der Waals surface area contributed by atoms with Gasteiger partial charge in [-0.05, 0) is 43.9 Å². The number of hydrogen-bond donors (Lipinski definition) is 1. The fraction of sp³-hybridized carbons (Fsp3) is 0.429. The molecule has 2 nitrogen and oxygen atoms in total. The molecular formula is C14H17NO. The third-order valence-corrected chi connectivity index (χ3v) is 2.77. The van der Waals surface area contributed by atoms with Crippen molar-refractivity contribution in [3.05, 3.63) is 29.8 Å². The van der Waals surface area contributed by atoms with Crippen LogP contribution in [-0.4, -0.2) is 12.6 Å². The summed E-state index contributed by atoms with van der Waals surface area (Å²) in [5, 5.41) is 0. The van der Waals surface area contributed by atoms with E-state index in [1.165, 1.54) is 25.7 Å². The molecule has 0 saturated heterocycles. The Balaban J connectivity index is 2.03. The molecule has 0 amide bonds. The van der Waals surface area contributed by atoms with Crippen molar-refractivity contribution in [2.45, 2.75) is 31.8 Å². The van der Waals surface area contributed by atoms with E-state index in [1.54, 1.807) is 0 Å². The Morgan fingerprint density at radius 2 is 2.12 bits per heavy atom. The highest BCUT2D eigenvalue weighted by Gasteiger charge is 2.16. The second-order valence-electron chi connectivity index (χ2n) is 4.06. The van der Waals surface area contributed by atoms with Crippen LogP contribution in [0.25, 0.3) is 0 Å². The monoisotopic (exact) mass is 215 g/mol. The first-order valence-corrected chi connectivity index (χ1v) is 5.84. The SMILES string of the molecule is NCC#Cc1cccc(OC2CCCC2)c1. The standard InChI is InChI=1S/C14H17NO/c15-10-4-6-12-5-3-9-14(11-12)16-13-7-1-2-8-13/h3,5,9,11,13H,1-2,7-8,10,15H2. The summed E-state index contributed by atoms with van der Waals surface area (Å²) in [5.74, 6) is 6.79. The van der Waals surface area contributed by atoms with Crippen molar-refractivity contribution >= 4 is 0 Å². The molecule has 0 radical (unpaired) electrons. The number of benzene rings is 1. The van der Waals surface area contributed by atoms with Gasteiger partial charge in [0.2, 0.25) is 0 Å². The van der Waals surface area contributed by atoms with Gasteiger partial charge in [0.1, 0.15) is 5.75 Å². The van der Waals surface area contributed by atoms with Gasteiger partial charge in [-0.2, -0.15) is 0 Å². The highest BCUT2D eigenvalue weighted by molar-refractivity contribution is 5.40. The van der Waals surface area contributed by atoms with Gasteiger partial charge in [-0.3, -0.25) is 0 Å². The van der Waals surface area contributed by atoms with Crippen LogP contribution in [0.15, 0.2) is 24.3 Å². The van der Waals surface area contributed by atoms with Crippen molar-refractivity contribution in [1.29, 1.82) is 0 Å². The van der Waals surface area contributed by atoms with Crippen molar-refractivity contribution in [2.24, 2.45) is 5.73 Å². The second-order valence-corrected chi connectivity index (χ2v) is 4.06. The molecule has 1 aromatic carbocycles. The Morgan fingerprint density at radius 1 is 1.31 bits per heavy atom. The van der Waals surface area contributed by atoms with E-state index in [2.05, 4.69) is 11.8 Å². The fourth-order valence-electron chi connectivity index (χ4n) is 2.00. The highest BCUT2D eigenvalue weighted by Crippen LogP contribution is 2.24. The predicted octanol–water partition coefficient (Wildman–Crippen LogP) is 2.32. The summed E-state index contributed by atoms with van der Waals surface area (Å²) in [6, 6.07) is 7.93. The zero-order valence-corrected chi connectivity index (χ0v) is 9.41. The summed E-state index contributed by atoms with van der Waals surface area (Å²) in [6.07, 6.45) is 5.34. The van der Waals surface area contributed by atoms with Crippen LogP contribution >= 0.6 is 0 Å². The van der Waals surface area contributed by atoms with Gasteiger partial charge in [0.05, 0.1) is 12.6 Å². The first kappa shape index (κ1) is 11.0. The minimum atomic E-state index is 0.397. The summed E-state index contributed by atoms with van der Waals surface area (Å²) in [6.45, 7) is 0.397. The Bertz CT molecular complexity index is 397. The van der Waals surface area contributed by atoms with Crippen LogP contribution in [0, 0.1) is 11.8 Å². The molecule has 0 aliphatic heterocycles. The maximum Gasteiger partial charge on any atom is 0.120 e. The molecule has 1 aliphatic rings. The molecule has 0 heterocycles. The van der Waals surface area contributed by atoms with Gasteiger partial charge in [0.15, 0.2) is 0 Å². The summed E-state index contributed by atoms with van der Waals surface area (Å²) < 4.78 is 5.90. The third-order valence-electron chi connectivity index (χ3n) is 2.77. The van der Waals surface area contributed by atoms with Crippen LogP contribution < -0.4 is 10.5 Å². The van der Waals surface area contributed by atoms with E-state index in [1.807, 2.05) is 24.3 Å². The molecule has 2 N–H and O–H groups in total. The molecule has 1 fully saturated rings. The van der Waals surface area contributed by atoms with Crippen LogP contribution in [-0.2, 0) is 0 Å². The van der Waals surface area contributed by atoms with Gasteiger partial charge in [-0.1, -0.05) is 17.9 Å². The third kappa shape index (κ3) is 3.01. The lowest BCUT2D eigenvalue weighted by atomic mass is 10.2. The van der Waals surface area contributed by atoms with Crippen LogP contribution in [0.1, 0.15) is 31.2 Å². The Kier molecular flexibility index (Phi) is 3.85. The van der Waals surface area contributed by atoms with Gasteiger partial charge in [-0.15, -0.1) is 0 Å².